The van der Waals surface area contributed by atoms with E-state index < -0.39 is 141 Å². The second-order valence-electron chi connectivity index (χ2n) is 15.9. The van der Waals surface area contributed by atoms with Gasteiger partial charge in [0.25, 0.3) is 0 Å². The van der Waals surface area contributed by atoms with Crippen LogP contribution < -0.4 is 43.0 Å². The van der Waals surface area contributed by atoms with E-state index in [9.17, 15) is 72.9 Å². The normalized spacial score (nSPS) is 18.1. The number of hydrogen-bond donors (Lipinski definition) is 13. The van der Waals surface area contributed by atoms with Crippen molar-refractivity contribution in [2.24, 2.45) is 5.73 Å². The lowest BCUT2D eigenvalue weighted by atomic mass is 10.0. The number of rotatable bonds is 29. The van der Waals surface area contributed by atoms with E-state index in [-0.39, 0.29) is 77.8 Å². The van der Waals surface area contributed by atoms with Crippen LogP contribution in [0.25, 0.3) is 0 Å². The fourth-order valence-electron chi connectivity index (χ4n) is 6.84. The third-order valence-corrected chi connectivity index (χ3v) is 10.1. The minimum Gasteiger partial charge on any atom is -0.481 e. The van der Waals surface area contributed by atoms with Gasteiger partial charge in [-0.3, -0.25) is 67.4 Å². The number of carbonyl (C=O) groups is 12. The number of carboxylic acids is 5. The summed E-state index contributed by atoms with van der Waals surface area (Å²) in [7, 11) is 0. The number of hydrogen-bond acceptors (Lipinski definition) is 15. The summed E-state index contributed by atoms with van der Waals surface area (Å²) in [5, 5.41) is 63.8. The topological polar surface area (TPSA) is 426 Å². The summed E-state index contributed by atoms with van der Waals surface area (Å²) in [6, 6.07) is 1.67. The predicted octanol–water partition coefficient (Wildman–Crippen LogP) is -5.25. The van der Waals surface area contributed by atoms with Gasteiger partial charge in [-0.05, 0) is 37.7 Å². The highest BCUT2D eigenvalue weighted by Crippen LogP contribution is 2.09. The summed E-state index contributed by atoms with van der Waals surface area (Å²) in [6.07, 6.45) is -0.824. The molecule has 1 aromatic rings. The molecule has 1 aromatic carbocycles. The van der Waals surface area contributed by atoms with Gasteiger partial charge in [-0.2, -0.15) is 0 Å². The van der Waals surface area contributed by atoms with Gasteiger partial charge in [-0.1, -0.05) is 30.3 Å². The number of primary amides is 1. The molecule has 1 fully saturated rings. The van der Waals surface area contributed by atoms with E-state index in [0.717, 1.165) is 4.90 Å². The number of carbonyl (C=O) groups excluding carboxylic acids is 7. The van der Waals surface area contributed by atoms with Crippen LogP contribution >= 0.6 is 0 Å². The number of carboxylic acid groups (broad SMARTS) is 5. The number of benzene rings is 1. The number of nitrogens with two attached hydrogens (primary N) is 1. The molecule has 0 unspecified atom stereocenters. The number of unbranched alkanes of at least 4 members (excludes halogenated alkanes) is 1. The van der Waals surface area contributed by atoms with Crippen molar-refractivity contribution in [3.05, 3.63) is 35.9 Å². The lowest BCUT2D eigenvalue weighted by Crippen LogP contribution is -2.58. The highest BCUT2D eigenvalue weighted by Gasteiger charge is 2.33. The van der Waals surface area contributed by atoms with Gasteiger partial charge in [0.2, 0.25) is 35.4 Å². The monoisotopic (exact) mass is 979 g/mol. The van der Waals surface area contributed by atoms with Gasteiger partial charge in [-0.15, -0.1) is 0 Å². The van der Waals surface area contributed by atoms with Gasteiger partial charge in [0.15, 0.2) is 0 Å². The van der Waals surface area contributed by atoms with Gasteiger partial charge in [0, 0.05) is 45.7 Å². The van der Waals surface area contributed by atoms with E-state index in [4.69, 9.17) is 15.9 Å². The molecule has 0 aromatic heterocycles. The molecule has 2 rings (SSSR count). The van der Waals surface area contributed by atoms with Crippen LogP contribution in [0.4, 0.5) is 4.79 Å². The quantitative estimate of drug-likeness (QED) is 0.0334. The smallest absolute Gasteiger partial charge is 0.317 e. The Hall–Kier alpha value is -7.46. The first kappa shape index (κ1) is 57.7. The summed E-state index contributed by atoms with van der Waals surface area (Å²) >= 11 is 0. The number of urea groups is 1. The molecule has 28 nitrogen and oxygen atoms in total. The lowest BCUT2D eigenvalue weighted by Gasteiger charge is -2.27. The molecule has 4 atom stereocenters. The number of aliphatic carboxylic acids is 5. The zero-order chi connectivity index (χ0) is 51.5. The van der Waals surface area contributed by atoms with Crippen molar-refractivity contribution in [3.63, 3.8) is 0 Å². The van der Waals surface area contributed by atoms with Gasteiger partial charge in [-0.25, -0.2) is 4.79 Å². The first-order chi connectivity index (χ1) is 32.6. The Morgan fingerprint density at radius 2 is 1.00 bits per heavy atom. The van der Waals surface area contributed by atoms with E-state index in [1.54, 1.807) is 30.3 Å². The van der Waals surface area contributed by atoms with Crippen LogP contribution in [0.1, 0.15) is 44.1 Å². The number of nitrogens with zero attached hydrogens (tertiary/aromatic N) is 3. The van der Waals surface area contributed by atoms with Gasteiger partial charge in [0.1, 0.15) is 24.2 Å². The molecule has 14 N–H and O–H groups in total. The fraction of sp³-hybridized carbons (Fsp3) is 0.561. The Balaban J connectivity index is 2.26. The Morgan fingerprint density at radius 1 is 0.536 bits per heavy atom. The van der Waals surface area contributed by atoms with Gasteiger partial charge < -0.3 is 68.5 Å². The van der Waals surface area contributed by atoms with E-state index in [2.05, 4.69) is 37.2 Å². The maximum absolute atomic E-state index is 14.0. The standard InChI is InChI=1S/C41H61N11O17/c42-41(69)44-12-6-10-26-37(65)45-19-30(53)46-29(18-32(55)56)40(68)49-28(17-25-7-2-1-3-8-25)39(67)48-27(38(66)47-26)9-4-5-11-43-31(54)20-51(22-34(59)60)15-13-50(21-33(57)58)14-16-52(23-35(61)62)24-36(63)64/h1-3,7-8,26-29H,4-6,9-24H2,(H,43,54)(H,45,65)(H,46,53)(H,47,66)(H,48,67)(H,49,68)(H,55,56)(H,57,58)(H,59,60)(H,61,62)(H,63,64)(H3,42,44,69)/t26-,27-,28+,29-/m0/s1. The molecule has 382 valence electrons. The van der Waals surface area contributed by atoms with Gasteiger partial charge >= 0.3 is 35.9 Å². The number of amides is 8. The maximum Gasteiger partial charge on any atom is 0.317 e. The fourth-order valence-corrected chi connectivity index (χ4v) is 6.84. The maximum atomic E-state index is 14.0. The molecule has 1 saturated heterocycles. The van der Waals surface area contributed by atoms with Crippen LogP contribution in [0, 0.1) is 0 Å². The average molecular weight is 980 g/mol. The third-order valence-electron chi connectivity index (χ3n) is 10.1. The molecular weight excluding hydrogens is 919 g/mol. The summed E-state index contributed by atoms with van der Waals surface area (Å²) < 4.78 is 0. The van der Waals surface area contributed by atoms with Crippen molar-refractivity contribution < 1.29 is 83.1 Å². The molecule has 28 heteroatoms. The van der Waals surface area contributed by atoms with Crippen LogP contribution in [-0.4, -0.2) is 214 Å². The summed E-state index contributed by atoms with van der Waals surface area (Å²) in [4.78, 5) is 153. The van der Waals surface area contributed by atoms with Crippen molar-refractivity contribution in [3.8, 4) is 0 Å². The molecule has 0 bridgehead atoms. The molecular formula is C41H61N11O17. The predicted molar refractivity (Wildman–Crippen MR) is 237 cm³/mol. The van der Waals surface area contributed by atoms with Gasteiger partial charge in [0.05, 0.1) is 45.7 Å². The van der Waals surface area contributed by atoms with E-state index in [1.807, 2.05) is 0 Å². The molecule has 0 aliphatic carbocycles. The summed E-state index contributed by atoms with van der Waals surface area (Å²) in [6.45, 7) is -4.16. The Labute approximate surface area is 395 Å². The number of nitrogens with one attached hydrogen (secondary N) is 7. The largest absolute Gasteiger partial charge is 0.481 e. The molecule has 8 amide bonds. The molecule has 0 radical (unpaired) electrons. The van der Waals surface area contributed by atoms with Crippen molar-refractivity contribution in [1.82, 2.24) is 51.9 Å². The lowest BCUT2D eigenvalue weighted by molar-refractivity contribution is -0.143. The minimum atomic E-state index is -1.69. The zero-order valence-corrected chi connectivity index (χ0v) is 37.7. The molecule has 69 heavy (non-hydrogen) atoms. The summed E-state index contributed by atoms with van der Waals surface area (Å²) in [5.74, 6) is -11.9. The highest BCUT2D eigenvalue weighted by molar-refractivity contribution is 5.98. The Morgan fingerprint density at radius 3 is 1.55 bits per heavy atom. The van der Waals surface area contributed by atoms with Crippen LogP contribution in [0.2, 0.25) is 0 Å². The average Bonchev–Trinajstić information content (AvgIpc) is 3.25. The van der Waals surface area contributed by atoms with Crippen LogP contribution in [-0.2, 0) is 59.2 Å². The van der Waals surface area contributed by atoms with E-state index in [0.29, 0.717) is 5.56 Å². The second-order valence-corrected chi connectivity index (χ2v) is 15.9. The van der Waals surface area contributed by atoms with Crippen molar-refractivity contribution >= 4 is 71.3 Å². The molecule has 1 heterocycles. The summed E-state index contributed by atoms with van der Waals surface area (Å²) in [5.41, 5.74) is 5.69. The Bertz CT molecular complexity index is 1960. The first-order valence-electron chi connectivity index (χ1n) is 21.7. The van der Waals surface area contributed by atoms with Crippen LogP contribution in [0.5, 0.6) is 0 Å². The SMILES string of the molecule is NC(=O)NCCC[C@@H]1NC(=O)[C@H](CCCCNC(=O)CN(CCN(CCN(CC(=O)O)CC(=O)O)CC(=O)O)CC(=O)O)NC(=O)[C@@H](Cc2ccccc2)NC(=O)[C@H](CC(=O)O)NC(=O)CNC1=O. The second kappa shape index (κ2) is 30.8. The molecule has 1 aliphatic rings. The minimum absolute atomic E-state index is 0.00434. The molecule has 0 saturated carbocycles. The zero-order valence-electron chi connectivity index (χ0n) is 37.7. The third kappa shape index (κ3) is 25.3. The van der Waals surface area contributed by atoms with E-state index in [1.165, 1.54) is 9.80 Å². The molecule has 0 spiro atoms. The highest BCUT2D eigenvalue weighted by atomic mass is 16.4. The van der Waals surface area contributed by atoms with Crippen molar-refractivity contribution in [2.45, 2.75) is 69.1 Å². The van der Waals surface area contributed by atoms with Crippen molar-refractivity contribution in [1.29, 1.82) is 0 Å². The molecule has 1 aliphatic heterocycles. The van der Waals surface area contributed by atoms with Crippen molar-refractivity contribution in [2.75, 3.05) is 78.5 Å². The van der Waals surface area contributed by atoms with Crippen LogP contribution in [0.15, 0.2) is 30.3 Å². The first-order valence-corrected chi connectivity index (χ1v) is 21.7. The van der Waals surface area contributed by atoms with E-state index >= 15 is 0 Å². The van der Waals surface area contributed by atoms with Crippen LogP contribution in [0.3, 0.4) is 0 Å². The Kier molecular flexibility index (Phi) is 25.7.